The number of aromatic nitrogens is 1. The Morgan fingerprint density at radius 1 is 1.09 bits per heavy atom. The van der Waals surface area contributed by atoms with Gasteiger partial charge >= 0.3 is 5.97 Å². The fraction of sp³-hybridized carbons (Fsp3) is 0.333. The van der Waals surface area contributed by atoms with Crippen molar-refractivity contribution in [2.75, 3.05) is 0 Å². The summed E-state index contributed by atoms with van der Waals surface area (Å²) in [6.07, 6.45) is 3.92. The highest BCUT2D eigenvalue weighted by Crippen LogP contribution is 2.19. The van der Waals surface area contributed by atoms with Crippen LogP contribution in [-0.2, 0) is 6.54 Å². The average Bonchev–Trinajstić information content (AvgIpc) is 2.53. The molecule has 1 aromatic carbocycles. The van der Waals surface area contributed by atoms with Crippen molar-refractivity contribution in [2.24, 2.45) is 0 Å². The van der Waals surface area contributed by atoms with Crippen LogP contribution in [0.3, 0.4) is 0 Å². The summed E-state index contributed by atoms with van der Waals surface area (Å²) < 4.78 is 14.6. The van der Waals surface area contributed by atoms with Gasteiger partial charge in [-0.05, 0) is 48.4 Å². The largest absolute Gasteiger partial charge is 0.477 e. The maximum atomic E-state index is 13.1. The van der Waals surface area contributed by atoms with E-state index in [-0.39, 0.29) is 11.4 Å². The number of halogens is 1. The zero-order chi connectivity index (χ0) is 16.8. The molecule has 1 N–H and O–H groups in total. The molecule has 2 rings (SSSR count). The fourth-order valence-electron chi connectivity index (χ4n) is 2.53. The van der Waals surface area contributed by atoms with Crippen LogP contribution >= 0.6 is 0 Å². The number of pyridine rings is 1. The van der Waals surface area contributed by atoms with E-state index < -0.39 is 11.5 Å². The smallest absolute Gasteiger partial charge is 0.341 e. The van der Waals surface area contributed by atoms with Crippen LogP contribution in [0.1, 0.15) is 43.0 Å². The van der Waals surface area contributed by atoms with E-state index in [4.69, 9.17) is 5.11 Å². The molecule has 1 heterocycles. The van der Waals surface area contributed by atoms with Crippen LogP contribution in [0.5, 0.6) is 0 Å². The quantitative estimate of drug-likeness (QED) is 0.787. The van der Waals surface area contributed by atoms with Crippen molar-refractivity contribution in [3.63, 3.8) is 0 Å². The van der Waals surface area contributed by atoms with Crippen molar-refractivity contribution < 1.29 is 14.3 Å². The monoisotopic (exact) mass is 317 g/mol. The van der Waals surface area contributed by atoms with E-state index >= 15 is 0 Å². The second kappa shape index (κ2) is 7.72. The molecule has 23 heavy (non-hydrogen) atoms. The number of aromatic carboxylic acids is 1. The lowest BCUT2D eigenvalue weighted by Gasteiger charge is -2.14. The normalized spacial score (nSPS) is 10.7. The third-order valence-electron chi connectivity index (χ3n) is 3.78. The second-order valence-corrected chi connectivity index (χ2v) is 5.46. The number of benzene rings is 1. The first-order valence-corrected chi connectivity index (χ1v) is 7.77. The predicted octanol–water partition coefficient (Wildman–Crippen LogP) is 3.93. The van der Waals surface area contributed by atoms with E-state index in [0.29, 0.717) is 17.8 Å². The summed E-state index contributed by atoms with van der Waals surface area (Å²) in [5.41, 5.74) is 0.537. The molecule has 4 nitrogen and oxygen atoms in total. The van der Waals surface area contributed by atoms with Crippen molar-refractivity contribution in [3.05, 3.63) is 58.1 Å². The number of hydrogen-bond acceptors (Lipinski definition) is 2. The summed E-state index contributed by atoms with van der Waals surface area (Å²) in [4.78, 5) is 23.6. The van der Waals surface area contributed by atoms with Gasteiger partial charge in [0.2, 0.25) is 0 Å². The number of carboxylic acids is 1. The lowest BCUT2D eigenvalue weighted by atomic mass is 10.1. The molecule has 0 aliphatic rings. The number of rotatable bonds is 7. The number of carboxylic acid groups (broad SMARTS) is 1. The van der Waals surface area contributed by atoms with Gasteiger partial charge in [-0.1, -0.05) is 26.2 Å². The molecule has 0 aliphatic carbocycles. The minimum Gasteiger partial charge on any atom is -0.477 e. The molecule has 122 valence electrons. The van der Waals surface area contributed by atoms with Crippen molar-refractivity contribution in [1.29, 1.82) is 0 Å². The first-order chi connectivity index (χ1) is 11.0. The maximum absolute atomic E-state index is 13.1. The summed E-state index contributed by atoms with van der Waals surface area (Å²) in [5.74, 6) is -1.59. The Kier molecular flexibility index (Phi) is 5.68. The number of nitrogens with zero attached hydrogens (tertiary/aromatic N) is 1. The molecule has 5 heteroatoms. The van der Waals surface area contributed by atoms with Gasteiger partial charge in [-0.25, -0.2) is 9.18 Å². The molecular weight excluding hydrogens is 297 g/mol. The molecule has 2 aromatic rings. The summed E-state index contributed by atoms with van der Waals surface area (Å²) in [6, 6.07) is 8.75. The number of hydrogen-bond donors (Lipinski definition) is 1. The Morgan fingerprint density at radius 3 is 2.39 bits per heavy atom. The predicted molar refractivity (Wildman–Crippen MR) is 87.2 cm³/mol. The second-order valence-electron chi connectivity index (χ2n) is 5.46. The van der Waals surface area contributed by atoms with Gasteiger partial charge in [0.15, 0.2) is 0 Å². The Bertz CT molecular complexity index is 735. The molecule has 0 amide bonds. The SMILES string of the molecule is CCCCCCn1c(-c2ccc(F)cc2)ccc(C(=O)O)c1=O. The van der Waals surface area contributed by atoms with E-state index in [2.05, 4.69) is 6.92 Å². The Hall–Kier alpha value is -2.43. The van der Waals surface area contributed by atoms with Crippen LogP contribution in [-0.4, -0.2) is 15.6 Å². The summed E-state index contributed by atoms with van der Waals surface area (Å²) in [6.45, 7) is 2.55. The number of unbranched alkanes of at least 4 members (excludes halogenated alkanes) is 3. The van der Waals surface area contributed by atoms with Crippen molar-refractivity contribution in [3.8, 4) is 11.3 Å². The molecule has 0 unspecified atom stereocenters. The number of carbonyl (C=O) groups is 1. The Morgan fingerprint density at radius 2 is 1.78 bits per heavy atom. The summed E-state index contributed by atoms with van der Waals surface area (Å²) in [5, 5.41) is 9.13. The minimum absolute atomic E-state index is 0.244. The van der Waals surface area contributed by atoms with E-state index in [1.807, 2.05) is 0 Å². The van der Waals surface area contributed by atoms with Crippen LogP contribution in [0.4, 0.5) is 4.39 Å². The van der Waals surface area contributed by atoms with Gasteiger partial charge in [-0.15, -0.1) is 0 Å². The summed E-state index contributed by atoms with van der Waals surface area (Å²) >= 11 is 0. The van der Waals surface area contributed by atoms with Gasteiger partial charge in [0.1, 0.15) is 11.4 Å². The van der Waals surface area contributed by atoms with Crippen LogP contribution in [0.15, 0.2) is 41.2 Å². The topological polar surface area (TPSA) is 59.3 Å². The summed E-state index contributed by atoms with van der Waals surface area (Å²) in [7, 11) is 0. The molecule has 0 fully saturated rings. The van der Waals surface area contributed by atoms with Crippen molar-refractivity contribution in [2.45, 2.75) is 39.2 Å². The molecule has 0 radical (unpaired) electrons. The van der Waals surface area contributed by atoms with Crippen LogP contribution < -0.4 is 5.56 Å². The van der Waals surface area contributed by atoms with Crippen molar-refractivity contribution in [1.82, 2.24) is 4.57 Å². The van der Waals surface area contributed by atoms with Gasteiger partial charge in [0, 0.05) is 6.54 Å². The van der Waals surface area contributed by atoms with E-state index in [9.17, 15) is 14.0 Å². The van der Waals surface area contributed by atoms with Gasteiger partial charge in [-0.3, -0.25) is 4.79 Å². The zero-order valence-corrected chi connectivity index (χ0v) is 13.1. The van der Waals surface area contributed by atoms with Crippen molar-refractivity contribution >= 4 is 5.97 Å². The molecule has 0 atom stereocenters. The van der Waals surface area contributed by atoms with E-state index in [1.165, 1.54) is 22.8 Å². The highest BCUT2D eigenvalue weighted by atomic mass is 19.1. The van der Waals surface area contributed by atoms with Gasteiger partial charge < -0.3 is 9.67 Å². The Balaban J connectivity index is 2.44. The van der Waals surface area contributed by atoms with Crippen LogP contribution in [0, 0.1) is 5.82 Å². The van der Waals surface area contributed by atoms with Gasteiger partial charge in [-0.2, -0.15) is 0 Å². The van der Waals surface area contributed by atoms with E-state index in [0.717, 1.165) is 25.7 Å². The van der Waals surface area contributed by atoms with Gasteiger partial charge in [0.25, 0.3) is 5.56 Å². The third kappa shape index (κ3) is 4.06. The standard InChI is InChI=1S/C18H20FNO3/c1-2-3-4-5-12-20-16(13-6-8-14(19)9-7-13)11-10-15(17(20)21)18(22)23/h6-11H,2-5,12H2,1H3,(H,22,23). The third-order valence-corrected chi connectivity index (χ3v) is 3.78. The maximum Gasteiger partial charge on any atom is 0.341 e. The highest BCUT2D eigenvalue weighted by Gasteiger charge is 2.15. The molecule has 0 aliphatic heterocycles. The zero-order valence-electron chi connectivity index (χ0n) is 13.1. The first-order valence-electron chi connectivity index (χ1n) is 7.77. The first kappa shape index (κ1) is 16.9. The Labute approximate surface area is 134 Å². The van der Waals surface area contributed by atoms with Crippen LogP contribution in [0.25, 0.3) is 11.3 Å². The van der Waals surface area contributed by atoms with Crippen LogP contribution in [0.2, 0.25) is 0 Å². The molecule has 0 saturated heterocycles. The van der Waals surface area contributed by atoms with E-state index in [1.54, 1.807) is 18.2 Å². The highest BCUT2D eigenvalue weighted by molar-refractivity contribution is 5.87. The lowest BCUT2D eigenvalue weighted by Crippen LogP contribution is -2.27. The molecular formula is C18H20FNO3. The molecule has 0 saturated carbocycles. The molecule has 0 bridgehead atoms. The lowest BCUT2D eigenvalue weighted by molar-refractivity contribution is 0.0694. The molecule has 1 aromatic heterocycles. The minimum atomic E-state index is -1.23. The fourth-order valence-corrected chi connectivity index (χ4v) is 2.53. The van der Waals surface area contributed by atoms with Gasteiger partial charge in [0.05, 0.1) is 5.69 Å². The molecule has 0 spiro atoms. The average molecular weight is 317 g/mol.